The van der Waals surface area contributed by atoms with Gasteiger partial charge in [-0.2, -0.15) is 8.42 Å². The zero-order valence-corrected chi connectivity index (χ0v) is 8.89. The average Bonchev–Trinajstić information content (AvgIpc) is 2.16. The first kappa shape index (κ1) is 14.2. The Morgan fingerprint density at radius 2 is 1.71 bits per heavy atom. The second kappa shape index (κ2) is 4.81. The van der Waals surface area contributed by atoms with E-state index in [1.807, 2.05) is 0 Å². The topological polar surface area (TPSA) is 171 Å². The Hall–Kier alpha value is -0.820. The maximum Gasteiger partial charge on any atom is 0.397 e. The van der Waals surface area contributed by atoms with Crippen LogP contribution in [0.3, 0.4) is 0 Å². The van der Waals surface area contributed by atoms with E-state index in [1.54, 1.807) is 0 Å². The van der Waals surface area contributed by atoms with Crippen LogP contribution in [0.4, 0.5) is 0 Å². The summed E-state index contributed by atoms with van der Waals surface area (Å²) < 4.78 is 37.3. The number of carboxylic acid groups (broad SMARTS) is 1. The summed E-state index contributed by atoms with van der Waals surface area (Å²) in [7, 11) is -5.01. The number of aliphatic hydroxyl groups excluding tert-OH is 3. The number of aliphatic carboxylic acids is 1. The summed E-state index contributed by atoms with van der Waals surface area (Å²) in [5, 5.41) is 36.3. The first-order valence-corrected chi connectivity index (χ1v) is 5.58. The Labute approximate surface area is 95.0 Å². The Morgan fingerprint density at radius 1 is 1.18 bits per heavy atom. The van der Waals surface area contributed by atoms with Crippen molar-refractivity contribution in [3.05, 3.63) is 0 Å². The maximum atomic E-state index is 10.5. The molecule has 0 aromatic heterocycles. The minimum atomic E-state index is -5.01. The molecule has 5 N–H and O–H groups in total. The molecule has 10 nitrogen and oxygen atoms in total. The third-order valence-electron chi connectivity index (χ3n) is 2.04. The van der Waals surface area contributed by atoms with E-state index in [0.717, 1.165) is 0 Å². The summed E-state index contributed by atoms with van der Waals surface area (Å²) in [6, 6.07) is 0. The SMILES string of the molecule is O=C(O)[C@H]1OC(O)[C@@H](OS(=O)(=O)O)[C@H](O)[C@H]1O. The van der Waals surface area contributed by atoms with Gasteiger partial charge in [0.05, 0.1) is 0 Å². The van der Waals surface area contributed by atoms with Crippen LogP contribution in [0, 0.1) is 0 Å². The Kier molecular flexibility index (Phi) is 4.03. The van der Waals surface area contributed by atoms with Gasteiger partial charge >= 0.3 is 16.4 Å². The van der Waals surface area contributed by atoms with E-state index in [1.165, 1.54) is 0 Å². The molecule has 1 aliphatic heterocycles. The second-order valence-electron chi connectivity index (χ2n) is 3.26. The Bertz CT molecular complexity index is 390. The van der Waals surface area contributed by atoms with Gasteiger partial charge in [-0.25, -0.2) is 8.98 Å². The first-order valence-electron chi connectivity index (χ1n) is 4.21. The van der Waals surface area contributed by atoms with Gasteiger partial charge in [-0.1, -0.05) is 0 Å². The van der Waals surface area contributed by atoms with Gasteiger partial charge < -0.3 is 25.2 Å². The molecular weight excluding hydrogens is 264 g/mol. The molecule has 0 aliphatic carbocycles. The summed E-state index contributed by atoms with van der Waals surface area (Å²) in [5.74, 6) is -1.67. The second-order valence-corrected chi connectivity index (χ2v) is 4.30. The number of ether oxygens (including phenoxy) is 1. The van der Waals surface area contributed by atoms with E-state index >= 15 is 0 Å². The highest BCUT2D eigenvalue weighted by atomic mass is 32.3. The van der Waals surface area contributed by atoms with Crippen molar-refractivity contribution in [1.29, 1.82) is 0 Å². The number of carbonyl (C=O) groups is 1. The zero-order valence-electron chi connectivity index (χ0n) is 8.07. The average molecular weight is 274 g/mol. The Balaban J connectivity index is 2.87. The van der Waals surface area contributed by atoms with Crippen LogP contribution in [0.1, 0.15) is 0 Å². The molecule has 5 atom stereocenters. The van der Waals surface area contributed by atoms with Crippen molar-refractivity contribution < 1.29 is 47.1 Å². The highest BCUT2D eigenvalue weighted by Gasteiger charge is 2.49. The van der Waals surface area contributed by atoms with Gasteiger partial charge in [0.2, 0.25) is 0 Å². The van der Waals surface area contributed by atoms with Crippen LogP contribution < -0.4 is 0 Å². The van der Waals surface area contributed by atoms with Gasteiger partial charge in [-0.05, 0) is 0 Å². The molecule has 0 amide bonds. The number of hydrogen-bond donors (Lipinski definition) is 5. The molecule has 1 aliphatic rings. The van der Waals surface area contributed by atoms with Crippen LogP contribution in [-0.2, 0) is 24.1 Å². The lowest BCUT2D eigenvalue weighted by atomic mass is 9.99. The molecule has 0 aromatic rings. The molecule has 1 rings (SSSR count). The largest absolute Gasteiger partial charge is 0.479 e. The lowest BCUT2D eigenvalue weighted by molar-refractivity contribution is -0.274. The quantitative estimate of drug-likeness (QED) is 0.328. The molecule has 1 heterocycles. The summed E-state index contributed by atoms with van der Waals surface area (Å²) in [4.78, 5) is 10.5. The minimum absolute atomic E-state index is 1.67. The molecule has 0 spiro atoms. The van der Waals surface area contributed by atoms with Crippen LogP contribution in [-0.4, -0.2) is 70.1 Å². The summed E-state index contributed by atoms with van der Waals surface area (Å²) in [6.07, 6.45) is -10.2. The van der Waals surface area contributed by atoms with Crippen LogP contribution in [0.5, 0.6) is 0 Å². The number of carboxylic acids is 1. The van der Waals surface area contributed by atoms with Crippen molar-refractivity contribution in [2.24, 2.45) is 0 Å². The van der Waals surface area contributed by atoms with Crippen LogP contribution in [0.2, 0.25) is 0 Å². The molecule has 0 radical (unpaired) electrons. The number of hydrogen-bond acceptors (Lipinski definition) is 8. The van der Waals surface area contributed by atoms with E-state index in [-0.39, 0.29) is 0 Å². The lowest BCUT2D eigenvalue weighted by Crippen LogP contribution is -2.60. The molecule has 0 bridgehead atoms. The standard InChI is InChI=1S/C6H10O10S/c7-1-2(8)4(16-17(12,13)14)6(11)15-3(1)5(9)10/h1-4,6-8,11H,(H,9,10)(H,12,13,14)/t1-,2-,3+,4+,6?/m1/s1. The van der Waals surface area contributed by atoms with Crippen molar-refractivity contribution in [1.82, 2.24) is 0 Å². The molecule has 0 aromatic carbocycles. The van der Waals surface area contributed by atoms with E-state index in [2.05, 4.69) is 8.92 Å². The fourth-order valence-electron chi connectivity index (χ4n) is 1.30. The van der Waals surface area contributed by atoms with Gasteiger partial charge in [0.25, 0.3) is 0 Å². The number of aliphatic hydroxyl groups is 3. The maximum absolute atomic E-state index is 10.5. The highest BCUT2D eigenvalue weighted by molar-refractivity contribution is 7.80. The fraction of sp³-hybridized carbons (Fsp3) is 0.833. The lowest BCUT2D eigenvalue weighted by Gasteiger charge is -2.37. The van der Waals surface area contributed by atoms with Crippen LogP contribution in [0.15, 0.2) is 0 Å². The molecule has 100 valence electrons. The van der Waals surface area contributed by atoms with Gasteiger partial charge in [0.1, 0.15) is 12.2 Å². The van der Waals surface area contributed by atoms with Gasteiger partial charge in [0, 0.05) is 0 Å². The molecule has 1 saturated heterocycles. The third-order valence-corrected chi connectivity index (χ3v) is 2.51. The monoisotopic (exact) mass is 274 g/mol. The van der Waals surface area contributed by atoms with Crippen molar-refractivity contribution in [3.63, 3.8) is 0 Å². The Morgan fingerprint density at radius 3 is 2.12 bits per heavy atom. The van der Waals surface area contributed by atoms with Crippen LogP contribution in [0.25, 0.3) is 0 Å². The summed E-state index contributed by atoms with van der Waals surface area (Å²) >= 11 is 0. The van der Waals surface area contributed by atoms with Crippen LogP contribution >= 0.6 is 0 Å². The fourth-order valence-corrected chi connectivity index (χ4v) is 1.79. The predicted octanol–water partition coefficient (Wildman–Crippen LogP) is -3.30. The van der Waals surface area contributed by atoms with E-state index in [0.29, 0.717) is 0 Å². The van der Waals surface area contributed by atoms with Crippen molar-refractivity contribution in [2.45, 2.75) is 30.7 Å². The summed E-state index contributed by atoms with van der Waals surface area (Å²) in [5.41, 5.74) is 0. The van der Waals surface area contributed by atoms with Gasteiger partial charge in [-0.15, -0.1) is 0 Å². The van der Waals surface area contributed by atoms with E-state index in [4.69, 9.17) is 9.66 Å². The van der Waals surface area contributed by atoms with Gasteiger partial charge in [-0.3, -0.25) is 4.55 Å². The first-order chi connectivity index (χ1) is 7.63. The van der Waals surface area contributed by atoms with Gasteiger partial charge in [0.15, 0.2) is 18.5 Å². The van der Waals surface area contributed by atoms with E-state index < -0.39 is 47.1 Å². The van der Waals surface area contributed by atoms with Crippen molar-refractivity contribution >= 4 is 16.4 Å². The summed E-state index contributed by atoms with van der Waals surface area (Å²) in [6.45, 7) is 0. The highest BCUT2D eigenvalue weighted by Crippen LogP contribution is 2.23. The smallest absolute Gasteiger partial charge is 0.397 e. The molecule has 0 saturated carbocycles. The molecule has 17 heavy (non-hydrogen) atoms. The molecule has 1 fully saturated rings. The third kappa shape index (κ3) is 3.32. The number of rotatable bonds is 3. The molecule has 11 heteroatoms. The van der Waals surface area contributed by atoms with E-state index in [9.17, 15) is 28.5 Å². The molecular formula is C6H10O10S. The van der Waals surface area contributed by atoms with Crippen molar-refractivity contribution in [2.75, 3.05) is 0 Å². The minimum Gasteiger partial charge on any atom is -0.479 e. The zero-order chi connectivity index (χ0) is 13.4. The molecule has 1 unspecified atom stereocenters. The van der Waals surface area contributed by atoms with Crippen molar-refractivity contribution in [3.8, 4) is 0 Å². The predicted molar refractivity (Wildman–Crippen MR) is 47.0 cm³/mol. The normalized spacial score (nSPS) is 38.9.